The van der Waals surface area contributed by atoms with E-state index in [-0.39, 0.29) is 11.0 Å². The van der Waals surface area contributed by atoms with Gasteiger partial charge in [-0.3, -0.25) is 0 Å². The number of hydrogen-bond acceptors (Lipinski definition) is 0. The summed E-state index contributed by atoms with van der Waals surface area (Å²) in [5, 5.41) is 6.17. The third kappa shape index (κ3) is 3.79. The van der Waals surface area contributed by atoms with Gasteiger partial charge < -0.3 is 4.57 Å². The zero-order valence-electron chi connectivity index (χ0n) is 27.4. The Morgan fingerprint density at radius 1 is 0.431 bits per heavy atom. The van der Waals surface area contributed by atoms with Gasteiger partial charge in [-0.05, 0) is 79.0 Å². The number of para-hydroxylation sites is 1. The van der Waals surface area contributed by atoms with Gasteiger partial charge in [0.25, 0.3) is 0 Å². The highest BCUT2D eigenvalue weighted by molar-refractivity contribution is 6.37. The molecule has 0 saturated carbocycles. The molecular formula is C45H26F5N. The van der Waals surface area contributed by atoms with Crippen molar-refractivity contribution in [3.63, 3.8) is 0 Å². The molecule has 1 nitrogen and oxygen atoms in total. The van der Waals surface area contributed by atoms with E-state index in [9.17, 15) is 13.2 Å². The lowest BCUT2D eigenvalue weighted by Gasteiger charge is -2.22. The molecule has 6 heteroatoms. The molecule has 51 heavy (non-hydrogen) atoms. The fourth-order valence-electron chi connectivity index (χ4n) is 8.68. The van der Waals surface area contributed by atoms with E-state index in [1.54, 1.807) is 18.2 Å². The Balaban J connectivity index is 1.42. The average Bonchev–Trinajstić information content (AvgIpc) is 3.62. The predicted molar refractivity (Wildman–Crippen MR) is 196 cm³/mol. The summed E-state index contributed by atoms with van der Waals surface area (Å²) in [6.45, 7) is 4.48. The van der Waals surface area contributed by atoms with Crippen LogP contribution in [0.2, 0.25) is 0 Å². The van der Waals surface area contributed by atoms with Crippen LogP contribution in [0.3, 0.4) is 0 Å². The third-order valence-corrected chi connectivity index (χ3v) is 10.9. The molecule has 1 aliphatic carbocycles. The van der Waals surface area contributed by atoms with Gasteiger partial charge >= 0.3 is 0 Å². The Morgan fingerprint density at radius 2 is 0.961 bits per heavy atom. The second kappa shape index (κ2) is 10.3. The molecule has 9 aromatic rings. The van der Waals surface area contributed by atoms with Crippen LogP contribution in [0.5, 0.6) is 0 Å². The second-order valence-electron chi connectivity index (χ2n) is 13.9. The van der Waals surface area contributed by atoms with Crippen molar-refractivity contribution in [1.29, 1.82) is 0 Å². The molecule has 10 rings (SSSR count). The average molecular weight is 676 g/mol. The summed E-state index contributed by atoms with van der Waals surface area (Å²) >= 11 is 0. The molecule has 1 aliphatic rings. The first-order valence-electron chi connectivity index (χ1n) is 16.7. The number of aromatic nitrogens is 1. The number of fused-ring (bicyclic) bond motifs is 13. The summed E-state index contributed by atoms with van der Waals surface area (Å²) in [6, 6.07) is 39.7. The largest absolute Gasteiger partial charge is 0.309 e. The fraction of sp³-hybridized carbons (Fsp3) is 0.0667. The molecule has 1 heterocycles. The molecule has 0 unspecified atom stereocenters. The van der Waals surface area contributed by atoms with Gasteiger partial charge in [0, 0.05) is 27.3 Å². The normalized spacial score (nSPS) is 13.5. The number of nitrogens with zero attached hydrogens (tertiary/aromatic N) is 1. The predicted octanol–water partition coefficient (Wildman–Crippen LogP) is 12.9. The third-order valence-electron chi connectivity index (χ3n) is 10.9. The van der Waals surface area contributed by atoms with Crippen LogP contribution in [0.4, 0.5) is 22.0 Å². The molecule has 0 saturated heterocycles. The maximum absolute atomic E-state index is 15.6. The van der Waals surface area contributed by atoms with Crippen LogP contribution < -0.4 is 0 Å². The van der Waals surface area contributed by atoms with E-state index in [4.69, 9.17) is 0 Å². The Labute approximate surface area is 288 Å². The van der Waals surface area contributed by atoms with Gasteiger partial charge in [0.15, 0.2) is 23.3 Å². The van der Waals surface area contributed by atoms with Crippen molar-refractivity contribution in [1.82, 2.24) is 4.57 Å². The van der Waals surface area contributed by atoms with E-state index < -0.39 is 34.6 Å². The molecule has 0 atom stereocenters. The van der Waals surface area contributed by atoms with Crippen LogP contribution in [0, 0.1) is 29.1 Å². The zero-order chi connectivity index (χ0) is 34.9. The number of halogens is 5. The summed E-state index contributed by atoms with van der Waals surface area (Å²) < 4.78 is 77.0. The van der Waals surface area contributed by atoms with Gasteiger partial charge in [-0.25, -0.2) is 22.0 Å². The van der Waals surface area contributed by atoms with Crippen molar-refractivity contribution in [2.24, 2.45) is 0 Å². The van der Waals surface area contributed by atoms with E-state index in [0.29, 0.717) is 16.2 Å². The van der Waals surface area contributed by atoms with E-state index in [1.165, 1.54) is 22.3 Å². The number of hydrogen-bond donors (Lipinski definition) is 0. The zero-order valence-corrected chi connectivity index (χ0v) is 27.4. The van der Waals surface area contributed by atoms with Crippen LogP contribution in [0.15, 0.2) is 121 Å². The van der Waals surface area contributed by atoms with Gasteiger partial charge in [-0.2, -0.15) is 0 Å². The summed E-state index contributed by atoms with van der Waals surface area (Å²) in [7, 11) is 0. The van der Waals surface area contributed by atoms with Gasteiger partial charge in [-0.1, -0.05) is 111 Å². The molecule has 0 aliphatic heterocycles. The molecule has 0 N–H and O–H groups in total. The van der Waals surface area contributed by atoms with Crippen LogP contribution >= 0.6 is 0 Å². The van der Waals surface area contributed by atoms with Crippen LogP contribution in [0.25, 0.3) is 82.1 Å². The molecule has 246 valence electrons. The van der Waals surface area contributed by atoms with Crippen molar-refractivity contribution >= 4 is 54.1 Å². The van der Waals surface area contributed by atoms with E-state index >= 15 is 8.78 Å². The molecule has 1 aromatic heterocycles. The van der Waals surface area contributed by atoms with E-state index in [1.807, 2.05) is 48.5 Å². The van der Waals surface area contributed by atoms with Gasteiger partial charge in [0.2, 0.25) is 5.82 Å². The Bertz CT molecular complexity index is 2980. The number of rotatable bonds is 2. The minimum Gasteiger partial charge on any atom is -0.309 e. The quantitative estimate of drug-likeness (QED) is 0.0744. The van der Waals surface area contributed by atoms with Crippen molar-refractivity contribution < 1.29 is 22.0 Å². The van der Waals surface area contributed by atoms with E-state index in [2.05, 4.69) is 73.0 Å². The first kappa shape index (κ1) is 29.9. The lowest BCUT2D eigenvalue weighted by molar-refractivity contribution is 0.381. The second-order valence-corrected chi connectivity index (χ2v) is 13.9. The Morgan fingerprint density at radius 3 is 1.69 bits per heavy atom. The van der Waals surface area contributed by atoms with Gasteiger partial charge in [0.05, 0.1) is 16.6 Å². The van der Waals surface area contributed by atoms with Gasteiger partial charge in [0.1, 0.15) is 0 Å². The molecule has 0 fully saturated rings. The smallest absolute Gasteiger partial charge is 0.200 e. The number of benzene rings is 8. The minimum absolute atomic E-state index is 0.0740. The highest BCUT2D eigenvalue weighted by Crippen LogP contribution is 2.51. The first-order chi connectivity index (χ1) is 24.7. The lowest BCUT2D eigenvalue weighted by atomic mass is 9.82. The van der Waals surface area contributed by atoms with Gasteiger partial charge in [-0.15, -0.1) is 0 Å². The Kier molecular flexibility index (Phi) is 6.01. The SMILES string of the molecule is CC1(C)c2ccccc2-c2ccc(-n3c4ccccc4c4c5ccccc5c5cc(-c6c(F)c(F)c(F)c(F)c6F)c6ccccc6c5c43)cc21. The van der Waals surface area contributed by atoms with Crippen molar-refractivity contribution in [3.05, 3.63) is 162 Å². The highest BCUT2D eigenvalue weighted by Gasteiger charge is 2.36. The van der Waals surface area contributed by atoms with Crippen molar-refractivity contribution in [2.75, 3.05) is 0 Å². The minimum atomic E-state index is -2.18. The van der Waals surface area contributed by atoms with Crippen molar-refractivity contribution in [3.8, 4) is 27.9 Å². The Hall–Kier alpha value is -6.01. The monoisotopic (exact) mass is 675 g/mol. The molecule has 0 spiro atoms. The highest BCUT2D eigenvalue weighted by atomic mass is 19.2. The van der Waals surface area contributed by atoms with E-state index in [0.717, 1.165) is 43.7 Å². The molecule has 0 bridgehead atoms. The van der Waals surface area contributed by atoms with Crippen LogP contribution in [-0.4, -0.2) is 4.57 Å². The standard InChI is InChI=1S/C45H26F5N/c1-45(2)33-17-9-7-13-26(33)27-20-19-23(21-34(27)45)51-35-18-10-8-16-30(35)36-28-14-5-3-11-24(28)31-22-32(25-12-4-6-15-29(25)37(31)44(36)51)38-39(46)41(48)43(50)42(49)40(38)47/h3-22H,1-2H3. The fourth-order valence-corrected chi connectivity index (χ4v) is 8.68. The molecule has 0 radical (unpaired) electrons. The first-order valence-corrected chi connectivity index (χ1v) is 16.7. The van der Waals surface area contributed by atoms with Crippen LogP contribution in [0.1, 0.15) is 25.0 Å². The summed E-state index contributed by atoms with van der Waals surface area (Å²) in [5.74, 6) is -9.86. The lowest BCUT2D eigenvalue weighted by Crippen LogP contribution is -2.15. The molecular weight excluding hydrogens is 649 g/mol. The summed E-state index contributed by atoms with van der Waals surface area (Å²) in [4.78, 5) is 0. The summed E-state index contributed by atoms with van der Waals surface area (Å²) in [5.41, 5.74) is 6.42. The molecule has 8 aromatic carbocycles. The van der Waals surface area contributed by atoms with Crippen molar-refractivity contribution in [2.45, 2.75) is 19.3 Å². The topological polar surface area (TPSA) is 4.93 Å². The maximum atomic E-state index is 15.6. The maximum Gasteiger partial charge on any atom is 0.200 e. The van der Waals surface area contributed by atoms with Crippen LogP contribution in [-0.2, 0) is 5.41 Å². The molecule has 0 amide bonds. The summed E-state index contributed by atoms with van der Waals surface area (Å²) in [6.07, 6.45) is 0.